The number of aliphatic hydroxyl groups excluding tert-OH is 2. The third kappa shape index (κ3) is 5.93. The molecule has 0 amide bonds. The molecule has 0 saturated carbocycles. The minimum absolute atomic E-state index is 0.456. The van der Waals surface area contributed by atoms with Gasteiger partial charge < -0.3 is 24.7 Å². The summed E-state index contributed by atoms with van der Waals surface area (Å²) in [5.74, 6) is 0. The second-order valence-corrected chi connectivity index (χ2v) is 11.7. The van der Waals surface area contributed by atoms with Crippen LogP contribution in [0.5, 0.6) is 0 Å². The van der Waals surface area contributed by atoms with Crippen LogP contribution in [0.3, 0.4) is 0 Å². The SMILES string of the molecule is C=CC1=C(C)C2=NC1=Cc1[nH]c(c(C=C)c1C)C=C1CC(=CC3=NC(=C2)C(C)=C3CCC(O)OC)C(CCC(O)OC)=C1C. The quantitative estimate of drug-likeness (QED) is 0.245. The number of aromatic nitrogens is 1. The number of nitrogens with zero attached hydrogens (tertiary/aromatic N) is 2. The van der Waals surface area contributed by atoms with E-state index in [1.807, 2.05) is 12.2 Å². The van der Waals surface area contributed by atoms with Crippen molar-refractivity contribution in [3.8, 4) is 0 Å². The highest BCUT2D eigenvalue weighted by molar-refractivity contribution is 6.16. The highest BCUT2D eigenvalue weighted by Crippen LogP contribution is 2.42. The third-order valence-electron chi connectivity index (χ3n) is 9.18. The number of ether oxygens (including phenoxy) is 2. The van der Waals surface area contributed by atoms with Gasteiger partial charge in [0.05, 0.1) is 22.8 Å². The topological polar surface area (TPSA) is 99.4 Å². The van der Waals surface area contributed by atoms with Crippen molar-refractivity contribution >= 4 is 29.7 Å². The zero-order valence-electron chi connectivity index (χ0n) is 26.7. The second kappa shape index (κ2) is 13.0. The van der Waals surface area contributed by atoms with Gasteiger partial charge in [-0.3, -0.25) is 0 Å². The van der Waals surface area contributed by atoms with Gasteiger partial charge in [-0.05, 0) is 116 Å². The molecule has 0 aromatic carbocycles. The number of nitrogens with one attached hydrogen (secondary N) is 1. The van der Waals surface area contributed by atoms with Crippen LogP contribution in [0.25, 0.3) is 18.2 Å². The summed E-state index contributed by atoms with van der Waals surface area (Å²) in [6.07, 6.45) is 13.6. The van der Waals surface area contributed by atoms with Crippen molar-refractivity contribution < 1.29 is 19.7 Å². The molecule has 3 N–H and O–H groups in total. The standard InChI is InChI=1S/C37H43N3O4/c1-9-26-21(4)32-19-35-27(10-2)22(5)30(40-35)18-31-23(6)29(12-14-37(42)44-8)34(39-31)17-25-15-24(16-33(26)38-32)20(3)28(25)11-13-36(41)43-7/h9-10,16-19,36-38,41-42H,1-2,11-15H2,3-8H3. The average molecular weight is 594 g/mol. The molecule has 0 fully saturated rings. The van der Waals surface area contributed by atoms with Gasteiger partial charge in [-0.25, -0.2) is 9.98 Å². The number of aliphatic hydroxyl groups is 2. The number of aromatic amines is 1. The molecule has 0 spiro atoms. The Labute approximate surface area is 260 Å². The smallest absolute Gasteiger partial charge is 0.154 e. The van der Waals surface area contributed by atoms with Crippen molar-refractivity contribution in [3.05, 3.63) is 110 Å². The number of hydrogen-bond donors (Lipinski definition) is 3. The lowest BCUT2D eigenvalue weighted by Gasteiger charge is -2.13. The minimum Gasteiger partial charge on any atom is -0.368 e. The number of hydrogen-bond acceptors (Lipinski definition) is 6. The molecule has 44 heavy (non-hydrogen) atoms. The lowest BCUT2D eigenvalue weighted by molar-refractivity contribution is -0.0779. The lowest BCUT2D eigenvalue weighted by Crippen LogP contribution is -2.11. The largest absolute Gasteiger partial charge is 0.368 e. The molecule has 0 saturated heterocycles. The molecule has 3 aliphatic heterocycles. The van der Waals surface area contributed by atoms with Crippen LogP contribution in [0.1, 0.15) is 75.4 Å². The molecule has 7 nitrogen and oxygen atoms in total. The molecule has 1 aliphatic carbocycles. The summed E-state index contributed by atoms with van der Waals surface area (Å²) in [7, 11) is 3.03. The molecule has 8 bridgehead atoms. The molecule has 1 aromatic rings. The average Bonchev–Trinajstić information content (AvgIpc) is 3.67. The van der Waals surface area contributed by atoms with Crippen molar-refractivity contribution in [3.63, 3.8) is 0 Å². The van der Waals surface area contributed by atoms with Crippen LogP contribution in [0.15, 0.2) is 97.3 Å². The van der Waals surface area contributed by atoms with E-state index < -0.39 is 12.6 Å². The monoisotopic (exact) mass is 593 g/mol. The molecule has 5 rings (SSSR count). The van der Waals surface area contributed by atoms with Crippen LogP contribution in [0.2, 0.25) is 0 Å². The van der Waals surface area contributed by atoms with E-state index in [1.165, 1.54) is 30.9 Å². The summed E-state index contributed by atoms with van der Waals surface area (Å²) in [6.45, 7) is 16.6. The summed E-state index contributed by atoms with van der Waals surface area (Å²) in [5, 5.41) is 20.5. The number of allylic oxidation sites excluding steroid dienone is 10. The maximum atomic E-state index is 10.2. The van der Waals surface area contributed by atoms with Crippen LogP contribution >= 0.6 is 0 Å². The van der Waals surface area contributed by atoms with Gasteiger partial charge in [0.2, 0.25) is 0 Å². The summed E-state index contributed by atoms with van der Waals surface area (Å²) in [5.41, 5.74) is 16.5. The van der Waals surface area contributed by atoms with Gasteiger partial charge in [0, 0.05) is 49.6 Å². The first-order valence-electron chi connectivity index (χ1n) is 15.1. The van der Waals surface area contributed by atoms with Crippen LogP contribution in [0.4, 0.5) is 0 Å². The van der Waals surface area contributed by atoms with Crippen LogP contribution in [-0.4, -0.2) is 53.4 Å². The first-order valence-corrected chi connectivity index (χ1v) is 15.1. The molecule has 7 heteroatoms. The maximum absolute atomic E-state index is 10.2. The normalized spacial score (nSPS) is 19.5. The highest BCUT2D eigenvalue weighted by atomic mass is 16.6. The Hall–Kier alpha value is -3.88. The summed E-state index contributed by atoms with van der Waals surface area (Å²) < 4.78 is 10.3. The molecule has 2 atom stereocenters. The van der Waals surface area contributed by atoms with E-state index in [1.54, 1.807) is 0 Å². The van der Waals surface area contributed by atoms with Gasteiger partial charge in [-0.2, -0.15) is 0 Å². The first kappa shape index (κ1) is 31.5. The Morgan fingerprint density at radius 1 is 0.773 bits per heavy atom. The van der Waals surface area contributed by atoms with Crippen molar-refractivity contribution in [1.29, 1.82) is 0 Å². The zero-order valence-corrected chi connectivity index (χ0v) is 26.7. The van der Waals surface area contributed by atoms with Crippen molar-refractivity contribution in [2.45, 2.75) is 72.4 Å². The van der Waals surface area contributed by atoms with Crippen LogP contribution < -0.4 is 0 Å². The molecular weight excluding hydrogens is 550 g/mol. The fourth-order valence-corrected chi connectivity index (χ4v) is 6.39. The Balaban J connectivity index is 1.75. The summed E-state index contributed by atoms with van der Waals surface area (Å²) in [6, 6.07) is 0. The van der Waals surface area contributed by atoms with E-state index in [2.05, 4.69) is 70.1 Å². The number of rotatable bonds is 10. The van der Waals surface area contributed by atoms with E-state index in [4.69, 9.17) is 19.5 Å². The van der Waals surface area contributed by atoms with Gasteiger partial charge in [0.1, 0.15) is 0 Å². The van der Waals surface area contributed by atoms with Crippen molar-refractivity contribution in [2.24, 2.45) is 9.98 Å². The molecule has 1 aromatic heterocycles. The molecule has 4 heterocycles. The van der Waals surface area contributed by atoms with Crippen molar-refractivity contribution in [1.82, 2.24) is 4.98 Å². The second-order valence-electron chi connectivity index (χ2n) is 11.7. The van der Waals surface area contributed by atoms with E-state index in [0.717, 1.165) is 79.6 Å². The van der Waals surface area contributed by atoms with Gasteiger partial charge in [-0.15, -0.1) is 0 Å². The van der Waals surface area contributed by atoms with Gasteiger partial charge in [0.25, 0.3) is 0 Å². The number of H-pyrrole nitrogens is 1. The van der Waals surface area contributed by atoms with E-state index >= 15 is 0 Å². The van der Waals surface area contributed by atoms with Gasteiger partial charge >= 0.3 is 0 Å². The Kier molecular flexibility index (Phi) is 9.32. The lowest BCUT2D eigenvalue weighted by atomic mass is 9.95. The number of fused-ring (bicyclic) bond motifs is 6. The summed E-state index contributed by atoms with van der Waals surface area (Å²) >= 11 is 0. The molecular formula is C37H43N3O4. The van der Waals surface area contributed by atoms with Gasteiger partial charge in [0.15, 0.2) is 12.6 Å². The van der Waals surface area contributed by atoms with E-state index in [-0.39, 0.29) is 0 Å². The minimum atomic E-state index is -0.853. The van der Waals surface area contributed by atoms with Gasteiger partial charge in [-0.1, -0.05) is 25.3 Å². The Morgan fingerprint density at radius 3 is 2.07 bits per heavy atom. The molecule has 0 radical (unpaired) electrons. The Bertz CT molecular complexity index is 1700. The first-order chi connectivity index (χ1) is 21.1. The molecule has 2 unspecified atom stereocenters. The Morgan fingerprint density at radius 2 is 1.43 bits per heavy atom. The van der Waals surface area contributed by atoms with E-state index in [9.17, 15) is 10.2 Å². The molecule has 230 valence electrons. The van der Waals surface area contributed by atoms with Crippen LogP contribution in [-0.2, 0) is 9.47 Å². The predicted octanol–water partition coefficient (Wildman–Crippen LogP) is 7.45. The fourth-order valence-electron chi connectivity index (χ4n) is 6.39. The number of aliphatic imine (C=N–C) groups is 2. The highest BCUT2D eigenvalue weighted by Gasteiger charge is 2.28. The number of methoxy groups -OCH3 is 2. The van der Waals surface area contributed by atoms with Crippen molar-refractivity contribution in [2.75, 3.05) is 14.2 Å². The zero-order chi connectivity index (χ0) is 31.7. The fraction of sp³-hybridized carbons (Fsp3) is 0.351. The third-order valence-corrected chi connectivity index (χ3v) is 9.18. The molecule has 4 aliphatic rings. The van der Waals surface area contributed by atoms with Crippen LogP contribution in [0, 0.1) is 6.92 Å². The maximum Gasteiger partial charge on any atom is 0.154 e. The predicted molar refractivity (Wildman–Crippen MR) is 180 cm³/mol. The summed E-state index contributed by atoms with van der Waals surface area (Å²) in [4.78, 5) is 13.8. The van der Waals surface area contributed by atoms with E-state index in [0.29, 0.717) is 25.7 Å².